The van der Waals surface area contributed by atoms with Gasteiger partial charge in [0.1, 0.15) is 6.04 Å². The lowest BCUT2D eigenvalue weighted by Gasteiger charge is -2.38. The highest BCUT2D eigenvalue weighted by Crippen LogP contribution is 2.10. The first kappa shape index (κ1) is 14.0. The second-order valence-electron chi connectivity index (χ2n) is 5.16. The molecule has 1 saturated heterocycles. The highest BCUT2D eigenvalue weighted by Gasteiger charge is 2.29. The van der Waals surface area contributed by atoms with Crippen LogP contribution in [0.15, 0.2) is 30.3 Å². The molecule has 0 unspecified atom stereocenters. The summed E-state index contributed by atoms with van der Waals surface area (Å²) in [5.41, 5.74) is 1.33. The Balaban J connectivity index is 1.95. The molecular weight excluding hydrogens is 238 g/mol. The molecule has 104 valence electrons. The van der Waals surface area contributed by atoms with Gasteiger partial charge in [-0.3, -0.25) is 9.69 Å². The Morgan fingerprint density at radius 3 is 2.74 bits per heavy atom. The Morgan fingerprint density at radius 2 is 2.05 bits per heavy atom. The molecule has 0 saturated carbocycles. The molecule has 1 atom stereocenters. The van der Waals surface area contributed by atoms with Crippen LogP contribution in [0.1, 0.15) is 5.56 Å². The molecule has 1 N–H and O–H groups in total. The van der Waals surface area contributed by atoms with Crippen molar-refractivity contribution in [2.24, 2.45) is 0 Å². The zero-order valence-electron chi connectivity index (χ0n) is 11.8. The van der Waals surface area contributed by atoms with Gasteiger partial charge in [-0.15, -0.1) is 0 Å². The Bertz CT molecular complexity index is 407. The van der Waals surface area contributed by atoms with E-state index in [-0.39, 0.29) is 11.9 Å². The van der Waals surface area contributed by atoms with Gasteiger partial charge in [-0.25, -0.2) is 0 Å². The van der Waals surface area contributed by atoms with Crippen molar-refractivity contribution in [2.45, 2.75) is 12.5 Å². The van der Waals surface area contributed by atoms with Crippen LogP contribution >= 0.6 is 0 Å². The molecule has 4 nitrogen and oxygen atoms in total. The largest absolute Gasteiger partial charge is 0.358 e. The quantitative estimate of drug-likeness (QED) is 0.862. The molecule has 1 aliphatic rings. The zero-order valence-corrected chi connectivity index (χ0v) is 11.8. The Hall–Kier alpha value is -1.39. The van der Waals surface area contributed by atoms with Crippen molar-refractivity contribution in [1.29, 1.82) is 0 Å². The monoisotopic (exact) mass is 261 g/mol. The van der Waals surface area contributed by atoms with Crippen LogP contribution in [0.25, 0.3) is 0 Å². The fourth-order valence-electron chi connectivity index (χ4n) is 2.56. The summed E-state index contributed by atoms with van der Waals surface area (Å²) in [7, 11) is 3.79. The fourth-order valence-corrected chi connectivity index (χ4v) is 2.56. The molecule has 4 heteroatoms. The van der Waals surface area contributed by atoms with E-state index in [0.29, 0.717) is 0 Å². The molecule has 0 spiro atoms. The number of amides is 1. The summed E-state index contributed by atoms with van der Waals surface area (Å²) in [4.78, 5) is 16.5. The van der Waals surface area contributed by atoms with E-state index in [4.69, 9.17) is 0 Å². The summed E-state index contributed by atoms with van der Waals surface area (Å²) in [6, 6.07) is 10.4. The highest BCUT2D eigenvalue weighted by atomic mass is 16.2. The normalized spacial score (nSPS) is 21.3. The molecule has 1 aromatic rings. The van der Waals surface area contributed by atoms with Gasteiger partial charge in [0.05, 0.1) is 0 Å². The van der Waals surface area contributed by atoms with E-state index in [1.807, 2.05) is 6.07 Å². The molecule has 1 aromatic carbocycles. The van der Waals surface area contributed by atoms with E-state index >= 15 is 0 Å². The maximum absolute atomic E-state index is 12.0. The number of piperazine rings is 1. The average molecular weight is 261 g/mol. The van der Waals surface area contributed by atoms with E-state index in [0.717, 1.165) is 32.6 Å². The topological polar surface area (TPSA) is 35.6 Å². The molecule has 2 rings (SSSR count). The molecule has 1 amide bonds. The van der Waals surface area contributed by atoms with Crippen LogP contribution in [0.2, 0.25) is 0 Å². The number of nitrogens with zero attached hydrogens (tertiary/aromatic N) is 2. The Labute approximate surface area is 115 Å². The van der Waals surface area contributed by atoms with Gasteiger partial charge in [0.2, 0.25) is 5.91 Å². The molecule has 19 heavy (non-hydrogen) atoms. The van der Waals surface area contributed by atoms with Crippen molar-refractivity contribution in [2.75, 3.05) is 40.3 Å². The molecule has 0 radical (unpaired) electrons. The maximum Gasteiger partial charge on any atom is 0.238 e. The smallest absolute Gasteiger partial charge is 0.238 e. The average Bonchev–Trinajstić information content (AvgIpc) is 2.46. The van der Waals surface area contributed by atoms with Crippen molar-refractivity contribution < 1.29 is 4.79 Å². The van der Waals surface area contributed by atoms with Gasteiger partial charge in [-0.2, -0.15) is 0 Å². The summed E-state index contributed by atoms with van der Waals surface area (Å²) in [6.45, 7) is 3.74. The van der Waals surface area contributed by atoms with Gasteiger partial charge in [-0.05, 0) is 19.0 Å². The van der Waals surface area contributed by atoms with Crippen LogP contribution in [-0.4, -0.2) is 62.0 Å². The third kappa shape index (κ3) is 3.78. The predicted octanol–water partition coefficient (Wildman–Crippen LogP) is 0.591. The zero-order chi connectivity index (χ0) is 13.7. The maximum atomic E-state index is 12.0. The van der Waals surface area contributed by atoms with Crippen LogP contribution in [0, 0.1) is 0 Å². The summed E-state index contributed by atoms with van der Waals surface area (Å²) >= 11 is 0. The van der Waals surface area contributed by atoms with Gasteiger partial charge in [0, 0.05) is 33.2 Å². The van der Waals surface area contributed by atoms with Gasteiger partial charge < -0.3 is 10.2 Å². The van der Waals surface area contributed by atoms with Gasteiger partial charge in [-0.1, -0.05) is 30.3 Å². The third-order valence-corrected chi connectivity index (χ3v) is 3.77. The predicted molar refractivity (Wildman–Crippen MR) is 77.1 cm³/mol. The molecule has 1 aliphatic heterocycles. The van der Waals surface area contributed by atoms with E-state index in [2.05, 4.69) is 46.4 Å². The SMILES string of the molecule is CNC(=O)[C@@H]1CN(C)CCN1CCc1ccccc1. The van der Waals surface area contributed by atoms with Gasteiger partial charge in [0.15, 0.2) is 0 Å². The minimum atomic E-state index is -0.0209. The van der Waals surface area contributed by atoms with Crippen LogP contribution in [0.3, 0.4) is 0 Å². The summed E-state index contributed by atoms with van der Waals surface area (Å²) in [6.07, 6.45) is 0.998. The van der Waals surface area contributed by atoms with Crippen molar-refractivity contribution in [3.05, 3.63) is 35.9 Å². The number of benzene rings is 1. The standard InChI is InChI=1S/C15H23N3O/c1-16-15(19)14-12-17(2)10-11-18(14)9-8-13-6-4-3-5-7-13/h3-7,14H,8-12H2,1-2H3,(H,16,19)/t14-/m0/s1. The number of hydrogen-bond donors (Lipinski definition) is 1. The van der Waals surface area contributed by atoms with Crippen molar-refractivity contribution in [3.63, 3.8) is 0 Å². The van der Waals surface area contributed by atoms with E-state index in [1.54, 1.807) is 7.05 Å². The molecule has 1 heterocycles. The fraction of sp³-hybridized carbons (Fsp3) is 0.533. The van der Waals surface area contributed by atoms with Crippen molar-refractivity contribution in [3.8, 4) is 0 Å². The molecule has 0 aliphatic carbocycles. The second kappa shape index (κ2) is 6.68. The lowest BCUT2D eigenvalue weighted by molar-refractivity contribution is -0.128. The van der Waals surface area contributed by atoms with Crippen molar-refractivity contribution >= 4 is 5.91 Å². The highest BCUT2D eigenvalue weighted by molar-refractivity contribution is 5.81. The number of rotatable bonds is 4. The molecular formula is C15H23N3O. The Kier molecular flexibility index (Phi) is 4.93. The lowest BCUT2D eigenvalue weighted by Crippen LogP contribution is -2.58. The van der Waals surface area contributed by atoms with Crippen molar-refractivity contribution in [1.82, 2.24) is 15.1 Å². The molecule has 0 aromatic heterocycles. The van der Waals surface area contributed by atoms with E-state index in [1.165, 1.54) is 5.56 Å². The first-order chi connectivity index (χ1) is 9.20. The summed E-state index contributed by atoms with van der Waals surface area (Å²) in [5, 5.41) is 2.78. The van der Waals surface area contributed by atoms with E-state index in [9.17, 15) is 4.79 Å². The van der Waals surface area contributed by atoms with Crippen LogP contribution in [0.5, 0.6) is 0 Å². The van der Waals surface area contributed by atoms with Gasteiger partial charge in [0.25, 0.3) is 0 Å². The molecule has 0 bridgehead atoms. The van der Waals surface area contributed by atoms with Crippen LogP contribution in [0.4, 0.5) is 0 Å². The van der Waals surface area contributed by atoms with Crippen LogP contribution < -0.4 is 5.32 Å². The third-order valence-electron chi connectivity index (χ3n) is 3.77. The molecule has 1 fully saturated rings. The number of nitrogens with one attached hydrogen (secondary N) is 1. The summed E-state index contributed by atoms with van der Waals surface area (Å²) in [5.74, 6) is 0.125. The first-order valence-corrected chi connectivity index (χ1v) is 6.89. The summed E-state index contributed by atoms with van der Waals surface area (Å²) < 4.78 is 0. The van der Waals surface area contributed by atoms with Gasteiger partial charge >= 0.3 is 0 Å². The van der Waals surface area contributed by atoms with E-state index < -0.39 is 0 Å². The number of likely N-dealkylation sites (N-methyl/N-ethyl adjacent to an activating group) is 2. The lowest BCUT2D eigenvalue weighted by atomic mass is 10.1. The second-order valence-corrected chi connectivity index (χ2v) is 5.16. The Morgan fingerprint density at radius 1 is 1.32 bits per heavy atom. The first-order valence-electron chi connectivity index (χ1n) is 6.89. The minimum Gasteiger partial charge on any atom is -0.358 e. The number of carbonyl (C=O) groups excluding carboxylic acids is 1. The number of hydrogen-bond acceptors (Lipinski definition) is 3. The minimum absolute atomic E-state index is 0.0209. The van der Waals surface area contributed by atoms with Crippen LogP contribution in [-0.2, 0) is 11.2 Å². The number of carbonyl (C=O) groups is 1.